The fourth-order valence-electron chi connectivity index (χ4n) is 4.77. The van der Waals surface area contributed by atoms with Gasteiger partial charge in [-0.05, 0) is 62.6 Å². The summed E-state index contributed by atoms with van der Waals surface area (Å²) in [5.74, 6) is -2.03. The molecule has 2 aliphatic rings. The molecule has 0 unspecified atom stereocenters. The Balaban J connectivity index is 1.53. The zero-order valence-electron chi connectivity index (χ0n) is 23.5. The third-order valence-corrected chi connectivity index (χ3v) is 7.38. The van der Waals surface area contributed by atoms with Crippen LogP contribution in [-0.4, -0.2) is 74.2 Å². The molecule has 2 radical (unpaired) electrons. The number of anilines is 1. The normalized spacial score (nSPS) is 16.0. The van der Waals surface area contributed by atoms with Gasteiger partial charge in [0.1, 0.15) is 11.5 Å². The van der Waals surface area contributed by atoms with Crippen molar-refractivity contribution >= 4 is 49.3 Å². The average molecular weight is 580 g/mol. The molecule has 0 saturated heterocycles. The van der Waals surface area contributed by atoms with Crippen LogP contribution in [0.2, 0.25) is 0 Å². The Labute approximate surface area is 245 Å². The van der Waals surface area contributed by atoms with E-state index in [-0.39, 0.29) is 31.4 Å². The van der Waals surface area contributed by atoms with Crippen LogP contribution in [0, 0.1) is 5.41 Å². The molecule has 1 aliphatic heterocycles. The summed E-state index contributed by atoms with van der Waals surface area (Å²) in [4.78, 5) is 75.1. The minimum Gasteiger partial charge on any atom is -0.444 e. The number of amides is 7. The molecule has 6 N–H and O–H groups in total. The number of benzene rings is 1. The van der Waals surface area contributed by atoms with Gasteiger partial charge < -0.3 is 31.7 Å². The van der Waals surface area contributed by atoms with Crippen LogP contribution in [0.5, 0.6) is 0 Å². The number of carbonyl (C=O) groups excluding carboxylic acids is 6. The highest BCUT2D eigenvalue weighted by Crippen LogP contribution is 2.41. The van der Waals surface area contributed by atoms with Crippen LogP contribution in [-0.2, 0) is 35.2 Å². The lowest BCUT2D eigenvalue weighted by atomic mass is 9.67. The molecule has 1 atom stereocenters. The summed E-state index contributed by atoms with van der Waals surface area (Å²) in [5.41, 5.74) is 5.16. The first-order valence-electron chi connectivity index (χ1n) is 14.0. The second kappa shape index (κ2) is 15.7. The zero-order valence-corrected chi connectivity index (χ0v) is 23.5. The van der Waals surface area contributed by atoms with Gasteiger partial charge in [0.15, 0.2) is 0 Å². The van der Waals surface area contributed by atoms with Gasteiger partial charge in [-0.15, -0.1) is 0 Å². The van der Waals surface area contributed by atoms with E-state index >= 15 is 0 Å². The second-order valence-corrected chi connectivity index (χ2v) is 10.4. The maximum Gasteiger partial charge on any atom is 0.312 e. The molecule has 1 fully saturated rings. The lowest BCUT2D eigenvalue weighted by Crippen LogP contribution is -2.58. The quantitative estimate of drug-likeness (QED) is 0.0769. The summed E-state index contributed by atoms with van der Waals surface area (Å²) in [6, 6.07) is 5.18. The van der Waals surface area contributed by atoms with Crippen molar-refractivity contribution in [2.75, 3.05) is 25.0 Å². The Morgan fingerprint density at radius 2 is 1.60 bits per heavy atom. The van der Waals surface area contributed by atoms with E-state index in [4.69, 9.17) is 13.8 Å². The number of hydrogen-bond donors (Lipinski definition) is 5. The molecule has 1 aromatic carbocycles. The van der Waals surface area contributed by atoms with Crippen LogP contribution in [0.15, 0.2) is 36.4 Å². The monoisotopic (exact) mass is 580 g/mol. The molecule has 0 spiro atoms. The molecule has 3 rings (SSSR count). The van der Waals surface area contributed by atoms with Crippen molar-refractivity contribution < 1.29 is 33.4 Å². The Kier molecular flexibility index (Phi) is 12.1. The van der Waals surface area contributed by atoms with E-state index in [0.717, 1.165) is 5.56 Å². The van der Waals surface area contributed by atoms with Gasteiger partial charge in [0, 0.05) is 37.5 Å². The topological polar surface area (TPSA) is 189 Å². The highest BCUT2D eigenvalue weighted by Gasteiger charge is 2.51. The van der Waals surface area contributed by atoms with Crippen molar-refractivity contribution in [3.05, 3.63) is 42.0 Å². The molecular formula is C28H37BN6O7. The number of carbonyl (C=O) groups is 6. The van der Waals surface area contributed by atoms with E-state index in [0.29, 0.717) is 63.7 Å². The molecule has 13 nitrogen and oxygen atoms in total. The molecule has 1 aromatic rings. The molecule has 7 amide bonds. The van der Waals surface area contributed by atoms with E-state index < -0.39 is 35.2 Å². The summed E-state index contributed by atoms with van der Waals surface area (Å²) >= 11 is 0. The van der Waals surface area contributed by atoms with Gasteiger partial charge in [-0.2, -0.15) is 0 Å². The summed E-state index contributed by atoms with van der Waals surface area (Å²) in [7, 11) is 5.09. The van der Waals surface area contributed by atoms with Gasteiger partial charge in [0.05, 0.1) is 6.61 Å². The van der Waals surface area contributed by atoms with Crippen LogP contribution >= 0.6 is 0 Å². The molecule has 1 heterocycles. The number of rotatable bonds is 17. The first kappa shape index (κ1) is 32.3. The number of hydrogen-bond acceptors (Lipinski definition) is 7. The van der Waals surface area contributed by atoms with E-state index in [1.54, 1.807) is 24.3 Å². The minimum atomic E-state index is -1.27. The van der Waals surface area contributed by atoms with Crippen molar-refractivity contribution in [2.45, 2.75) is 64.0 Å². The maximum absolute atomic E-state index is 13.4. The van der Waals surface area contributed by atoms with Crippen LogP contribution in [0.1, 0.15) is 56.9 Å². The Bertz CT molecular complexity index is 1170. The number of nitrogens with two attached hydrogens (primary N) is 1. The number of unbranched alkanes of at least 4 members (excludes halogenated alkanes) is 2. The van der Waals surface area contributed by atoms with Gasteiger partial charge in [-0.25, -0.2) is 4.79 Å². The average Bonchev–Trinajstić information content (AvgIpc) is 3.24. The smallest absolute Gasteiger partial charge is 0.312 e. The Morgan fingerprint density at radius 3 is 2.19 bits per heavy atom. The number of nitrogens with one attached hydrogen (secondary N) is 4. The van der Waals surface area contributed by atoms with Crippen LogP contribution < -0.4 is 27.0 Å². The molecule has 1 saturated carbocycles. The summed E-state index contributed by atoms with van der Waals surface area (Å²) in [5, 5.41) is 10.8. The molecular weight excluding hydrogens is 543 g/mol. The predicted molar refractivity (Wildman–Crippen MR) is 153 cm³/mol. The van der Waals surface area contributed by atoms with Crippen molar-refractivity contribution in [2.24, 2.45) is 11.1 Å². The fourth-order valence-corrected chi connectivity index (χ4v) is 4.77. The highest BCUT2D eigenvalue weighted by molar-refractivity contribution is 6.12. The molecule has 0 aromatic heterocycles. The lowest BCUT2D eigenvalue weighted by Gasteiger charge is -2.39. The van der Waals surface area contributed by atoms with Crippen molar-refractivity contribution in [3.8, 4) is 0 Å². The van der Waals surface area contributed by atoms with Crippen LogP contribution in [0.3, 0.4) is 0 Å². The van der Waals surface area contributed by atoms with Gasteiger partial charge in [-0.3, -0.25) is 28.9 Å². The third-order valence-electron chi connectivity index (χ3n) is 7.38. The van der Waals surface area contributed by atoms with Crippen LogP contribution in [0.25, 0.3) is 0 Å². The number of imide groups is 1. The van der Waals surface area contributed by atoms with E-state index in [2.05, 4.69) is 25.9 Å². The number of nitrogens with zero attached hydrogens (tertiary/aromatic N) is 1. The Morgan fingerprint density at radius 1 is 0.929 bits per heavy atom. The molecule has 42 heavy (non-hydrogen) atoms. The van der Waals surface area contributed by atoms with E-state index in [9.17, 15) is 28.8 Å². The molecule has 224 valence electrons. The van der Waals surface area contributed by atoms with Crippen LogP contribution in [0.4, 0.5) is 10.5 Å². The first-order chi connectivity index (χ1) is 20.2. The standard InChI is InChI=1S/C28H37BN6O7/c29-42-18-19-7-9-20(10-8-19)33-24(38)21(6-4-16-32-27(30)41)34-26(40)28(13-5-14-28)25(39)31-15-2-1-3-17-35-22(36)11-12-23(35)37/h7-12,21H,1-6,13-18H2,(H,31,39)(H,33,38)(H,34,40)(H3,30,32,41)/t21-/m0/s1. The molecule has 1 aliphatic carbocycles. The van der Waals surface area contributed by atoms with E-state index in [1.807, 2.05) is 0 Å². The Hall–Kier alpha value is -4.20. The summed E-state index contributed by atoms with van der Waals surface area (Å²) in [6.07, 6.45) is 6.36. The van der Waals surface area contributed by atoms with Crippen molar-refractivity contribution in [1.29, 1.82) is 0 Å². The largest absolute Gasteiger partial charge is 0.444 e. The molecule has 0 bridgehead atoms. The number of primary amides is 1. The third kappa shape index (κ3) is 8.90. The predicted octanol–water partition coefficient (Wildman–Crippen LogP) is 0.540. The first-order valence-corrected chi connectivity index (χ1v) is 14.0. The van der Waals surface area contributed by atoms with Gasteiger partial charge >= 0.3 is 6.03 Å². The van der Waals surface area contributed by atoms with E-state index in [1.165, 1.54) is 17.1 Å². The number of urea groups is 1. The van der Waals surface area contributed by atoms with Gasteiger partial charge in [0.25, 0.3) is 19.9 Å². The highest BCUT2D eigenvalue weighted by atomic mass is 16.4. The van der Waals surface area contributed by atoms with Crippen molar-refractivity contribution in [3.63, 3.8) is 0 Å². The van der Waals surface area contributed by atoms with Gasteiger partial charge in [-0.1, -0.05) is 18.6 Å². The minimum absolute atomic E-state index is 0.201. The SMILES string of the molecule is [B]OCc1ccc(NC(=O)[C@H](CCCNC(N)=O)NC(=O)C2(C(=O)NCCCCCN3C(=O)C=CC3=O)CCC2)cc1. The second-order valence-electron chi connectivity index (χ2n) is 10.4. The fraction of sp³-hybridized carbons (Fsp3) is 0.500. The van der Waals surface area contributed by atoms with Gasteiger partial charge in [0.2, 0.25) is 17.7 Å². The maximum atomic E-state index is 13.4. The summed E-state index contributed by atoms with van der Waals surface area (Å²) in [6.45, 7) is 1.07. The lowest BCUT2D eigenvalue weighted by molar-refractivity contribution is -0.151. The summed E-state index contributed by atoms with van der Waals surface area (Å²) < 4.78 is 4.61. The zero-order chi connectivity index (χ0) is 30.5. The molecule has 14 heteroatoms. The van der Waals surface area contributed by atoms with Crippen molar-refractivity contribution in [1.82, 2.24) is 20.9 Å².